The maximum absolute atomic E-state index is 11.3. The van der Waals surface area contributed by atoms with Gasteiger partial charge < -0.3 is 10.0 Å². The molecule has 1 N–H and O–H groups in total. The average molecular weight is 200 g/mol. The second-order valence-electron chi connectivity index (χ2n) is 2.54. The van der Waals surface area contributed by atoms with Crippen LogP contribution in [0, 0.1) is 0 Å². The topological polar surface area (TPSA) is 70.5 Å². The van der Waals surface area contributed by atoms with Crippen LogP contribution in [0.1, 0.15) is 20.3 Å². The van der Waals surface area contributed by atoms with E-state index in [1.165, 1.54) is 10.3 Å². The van der Waals surface area contributed by atoms with Crippen LogP contribution in [0.25, 0.3) is 0 Å². The Balaban J connectivity index is 2.92. The molecule has 0 saturated carbocycles. The number of nitrogens with zero attached hydrogens (tertiary/aromatic N) is 2. The van der Waals surface area contributed by atoms with Crippen molar-refractivity contribution >= 4 is 23.2 Å². The van der Waals surface area contributed by atoms with Crippen molar-refractivity contribution in [2.75, 3.05) is 14.1 Å². The summed E-state index contributed by atoms with van der Waals surface area (Å²) in [5.74, 6) is -1.40. The van der Waals surface area contributed by atoms with Gasteiger partial charge in [-0.25, -0.2) is 9.78 Å². The predicted molar refractivity (Wildman–Crippen MR) is 47.1 cm³/mol. The van der Waals surface area contributed by atoms with Gasteiger partial charge in [0.05, 0.1) is 0 Å². The highest BCUT2D eigenvalue weighted by Crippen LogP contribution is 2.10. The molecule has 0 saturated heterocycles. The van der Waals surface area contributed by atoms with E-state index < -0.39 is 5.97 Å². The first-order chi connectivity index (χ1) is 6.02. The number of aromatic nitrogens is 1. The normalized spacial score (nSPS) is 9.69. The summed E-state index contributed by atoms with van der Waals surface area (Å²) in [6, 6.07) is 0. The molecular formula is C7H8N2O3S. The number of carbonyl (C=O) groups is 2. The Morgan fingerprint density at radius 2 is 2.15 bits per heavy atom. The van der Waals surface area contributed by atoms with Crippen LogP contribution in [0.2, 0.25) is 0 Å². The summed E-state index contributed by atoms with van der Waals surface area (Å²) in [5.41, 5.74) is -0.0878. The molecule has 0 radical (unpaired) electrons. The van der Waals surface area contributed by atoms with Crippen molar-refractivity contribution in [3.63, 3.8) is 0 Å². The summed E-state index contributed by atoms with van der Waals surface area (Å²) in [4.78, 5) is 26.7. The second kappa shape index (κ2) is 3.53. The van der Waals surface area contributed by atoms with Crippen molar-refractivity contribution in [3.8, 4) is 0 Å². The molecule has 13 heavy (non-hydrogen) atoms. The van der Waals surface area contributed by atoms with Crippen LogP contribution in [0.5, 0.6) is 0 Å². The average Bonchev–Trinajstić information content (AvgIpc) is 2.50. The first-order valence-corrected chi connectivity index (χ1v) is 4.31. The van der Waals surface area contributed by atoms with Crippen LogP contribution in [0.15, 0.2) is 5.38 Å². The third-order valence-corrected chi connectivity index (χ3v) is 2.14. The van der Waals surface area contributed by atoms with E-state index in [-0.39, 0.29) is 16.6 Å². The molecule has 5 nitrogen and oxygen atoms in total. The fraction of sp³-hybridized carbons (Fsp3) is 0.286. The van der Waals surface area contributed by atoms with Crippen LogP contribution in [0.4, 0.5) is 0 Å². The van der Waals surface area contributed by atoms with Gasteiger partial charge in [0.25, 0.3) is 5.91 Å². The van der Waals surface area contributed by atoms with Gasteiger partial charge in [-0.3, -0.25) is 4.79 Å². The largest absolute Gasteiger partial charge is 0.476 e. The van der Waals surface area contributed by atoms with Gasteiger partial charge in [0.15, 0.2) is 10.7 Å². The summed E-state index contributed by atoms with van der Waals surface area (Å²) in [7, 11) is 3.17. The Hall–Kier alpha value is -1.43. The summed E-state index contributed by atoms with van der Waals surface area (Å²) in [5, 5.41) is 10.1. The van der Waals surface area contributed by atoms with Crippen molar-refractivity contribution in [1.29, 1.82) is 0 Å². The van der Waals surface area contributed by atoms with Crippen LogP contribution >= 0.6 is 11.3 Å². The zero-order chi connectivity index (χ0) is 10.0. The molecular weight excluding hydrogens is 192 g/mol. The van der Waals surface area contributed by atoms with Crippen LogP contribution < -0.4 is 0 Å². The van der Waals surface area contributed by atoms with E-state index in [9.17, 15) is 9.59 Å². The highest BCUT2D eigenvalue weighted by atomic mass is 32.1. The molecule has 0 aliphatic carbocycles. The molecule has 1 heterocycles. The monoisotopic (exact) mass is 200 g/mol. The lowest BCUT2D eigenvalue weighted by Gasteiger charge is -2.05. The van der Waals surface area contributed by atoms with Gasteiger partial charge >= 0.3 is 5.97 Å². The highest BCUT2D eigenvalue weighted by molar-refractivity contribution is 7.11. The lowest BCUT2D eigenvalue weighted by atomic mass is 10.5. The Morgan fingerprint density at radius 3 is 2.54 bits per heavy atom. The van der Waals surface area contributed by atoms with E-state index >= 15 is 0 Å². The first kappa shape index (κ1) is 9.66. The van der Waals surface area contributed by atoms with Gasteiger partial charge in [0, 0.05) is 19.5 Å². The molecule has 0 unspecified atom stereocenters. The number of carbonyl (C=O) groups excluding carboxylic acids is 1. The van der Waals surface area contributed by atoms with Gasteiger partial charge in [-0.2, -0.15) is 0 Å². The Labute approximate surface area is 78.6 Å². The number of aromatic carboxylic acids is 1. The number of rotatable bonds is 2. The van der Waals surface area contributed by atoms with Crippen LogP contribution in [-0.2, 0) is 0 Å². The standard InChI is InChI=1S/C7H8N2O3S/c1-9(2)6(10)5-8-4(3-13-5)7(11)12/h3H,1-2H3,(H,11,12). The van der Waals surface area contributed by atoms with Gasteiger partial charge in [-0.1, -0.05) is 0 Å². The molecule has 1 aromatic heterocycles. The first-order valence-electron chi connectivity index (χ1n) is 3.43. The molecule has 0 atom stereocenters. The molecule has 1 aromatic rings. The van der Waals surface area contributed by atoms with E-state index in [2.05, 4.69) is 4.98 Å². The highest BCUT2D eigenvalue weighted by Gasteiger charge is 2.15. The number of carboxylic acids is 1. The lowest BCUT2D eigenvalue weighted by Crippen LogP contribution is -2.21. The fourth-order valence-electron chi connectivity index (χ4n) is 0.661. The molecule has 0 bridgehead atoms. The van der Waals surface area contributed by atoms with Crippen molar-refractivity contribution in [1.82, 2.24) is 9.88 Å². The van der Waals surface area contributed by atoms with Crippen molar-refractivity contribution < 1.29 is 14.7 Å². The maximum Gasteiger partial charge on any atom is 0.355 e. The zero-order valence-corrected chi connectivity index (χ0v) is 7.96. The number of hydrogen-bond acceptors (Lipinski definition) is 4. The SMILES string of the molecule is CN(C)C(=O)c1nc(C(=O)O)cs1. The Morgan fingerprint density at radius 1 is 1.54 bits per heavy atom. The molecule has 0 aromatic carbocycles. The van der Waals surface area contributed by atoms with E-state index in [1.807, 2.05) is 0 Å². The van der Waals surface area contributed by atoms with Crippen molar-refractivity contribution in [2.24, 2.45) is 0 Å². The van der Waals surface area contributed by atoms with Gasteiger partial charge in [-0.15, -0.1) is 11.3 Å². The van der Waals surface area contributed by atoms with Crippen LogP contribution in [-0.4, -0.2) is 41.0 Å². The molecule has 70 valence electrons. The predicted octanol–water partition coefficient (Wildman–Crippen LogP) is 0.543. The number of amides is 1. The second-order valence-corrected chi connectivity index (χ2v) is 3.40. The van der Waals surface area contributed by atoms with E-state index in [0.717, 1.165) is 11.3 Å². The number of thiazole rings is 1. The molecule has 1 rings (SSSR count). The smallest absolute Gasteiger partial charge is 0.355 e. The Kier molecular flexibility index (Phi) is 2.62. The molecule has 0 aliphatic heterocycles. The summed E-state index contributed by atoms with van der Waals surface area (Å²) in [6.45, 7) is 0. The van der Waals surface area contributed by atoms with Crippen LogP contribution in [0.3, 0.4) is 0 Å². The minimum atomic E-state index is -1.12. The quantitative estimate of drug-likeness (QED) is 0.756. The van der Waals surface area contributed by atoms with Gasteiger partial charge in [0.1, 0.15) is 0 Å². The summed E-state index contributed by atoms with van der Waals surface area (Å²) in [6.07, 6.45) is 0. The fourth-order valence-corrected chi connectivity index (χ4v) is 1.47. The van der Waals surface area contributed by atoms with E-state index in [0.29, 0.717) is 0 Å². The van der Waals surface area contributed by atoms with Gasteiger partial charge in [0.2, 0.25) is 0 Å². The third kappa shape index (κ3) is 2.03. The minimum Gasteiger partial charge on any atom is -0.476 e. The number of carboxylic acid groups (broad SMARTS) is 1. The molecule has 0 aliphatic rings. The molecule has 0 spiro atoms. The van der Waals surface area contributed by atoms with Gasteiger partial charge in [-0.05, 0) is 0 Å². The molecule has 0 fully saturated rings. The van der Waals surface area contributed by atoms with E-state index in [4.69, 9.17) is 5.11 Å². The molecule has 6 heteroatoms. The number of hydrogen-bond donors (Lipinski definition) is 1. The zero-order valence-electron chi connectivity index (χ0n) is 7.14. The Bertz CT molecular complexity index is 345. The van der Waals surface area contributed by atoms with Crippen molar-refractivity contribution in [3.05, 3.63) is 16.1 Å². The minimum absolute atomic E-state index is 0.0878. The summed E-state index contributed by atoms with van der Waals surface area (Å²) < 4.78 is 0. The van der Waals surface area contributed by atoms with E-state index in [1.54, 1.807) is 14.1 Å². The maximum atomic E-state index is 11.3. The van der Waals surface area contributed by atoms with Crippen molar-refractivity contribution in [2.45, 2.75) is 0 Å². The molecule has 1 amide bonds. The summed E-state index contributed by atoms with van der Waals surface area (Å²) >= 11 is 1.03. The lowest BCUT2D eigenvalue weighted by molar-refractivity contribution is 0.0691. The third-order valence-electron chi connectivity index (χ3n) is 1.31.